The van der Waals surface area contributed by atoms with Gasteiger partial charge >= 0.3 is 5.97 Å². The van der Waals surface area contributed by atoms with Crippen molar-refractivity contribution in [2.24, 2.45) is 5.92 Å². The van der Waals surface area contributed by atoms with Crippen molar-refractivity contribution in [3.8, 4) is 17.2 Å². The van der Waals surface area contributed by atoms with Gasteiger partial charge in [-0.25, -0.2) is 4.79 Å². The van der Waals surface area contributed by atoms with E-state index in [0.29, 0.717) is 0 Å². The van der Waals surface area contributed by atoms with Gasteiger partial charge in [-0.2, -0.15) is 0 Å². The van der Waals surface area contributed by atoms with Crippen LogP contribution in [0.2, 0.25) is 0 Å². The molecule has 0 aromatic heterocycles. The summed E-state index contributed by atoms with van der Waals surface area (Å²) in [6.07, 6.45) is 1.02. The predicted octanol–water partition coefficient (Wildman–Crippen LogP) is 2.56. The summed E-state index contributed by atoms with van der Waals surface area (Å²) in [5, 5.41) is 20.6. The molecule has 31 heavy (non-hydrogen) atoms. The van der Waals surface area contributed by atoms with Crippen LogP contribution in [0.5, 0.6) is 17.2 Å². The van der Waals surface area contributed by atoms with Crippen LogP contribution < -0.4 is 9.47 Å². The van der Waals surface area contributed by atoms with Gasteiger partial charge in [0.15, 0.2) is 17.3 Å². The highest BCUT2D eigenvalue weighted by atomic mass is 16.5. The molecule has 2 atom stereocenters. The Balaban J connectivity index is 1.85. The van der Waals surface area contributed by atoms with Crippen molar-refractivity contribution in [2.75, 3.05) is 0 Å². The van der Waals surface area contributed by atoms with E-state index < -0.39 is 40.4 Å². The van der Waals surface area contributed by atoms with Gasteiger partial charge < -0.3 is 19.7 Å². The largest absolute Gasteiger partial charge is 0.507 e. The number of hydrogen-bond acceptors (Lipinski definition) is 7. The monoisotopic (exact) mass is 422 g/mol. The van der Waals surface area contributed by atoms with E-state index in [1.54, 1.807) is 24.3 Å². The second-order valence-electron chi connectivity index (χ2n) is 7.60. The quantitative estimate of drug-likeness (QED) is 0.704. The number of aromatic hydroxyl groups is 1. The average Bonchev–Trinajstić information content (AvgIpc) is 3.00. The first kappa shape index (κ1) is 20.3. The van der Waals surface area contributed by atoms with Gasteiger partial charge in [0.1, 0.15) is 46.5 Å². The van der Waals surface area contributed by atoms with Crippen molar-refractivity contribution in [1.82, 2.24) is 0 Å². The fourth-order valence-corrected chi connectivity index (χ4v) is 4.03. The minimum absolute atomic E-state index is 0.0309. The Morgan fingerprint density at radius 3 is 2.48 bits per heavy atom. The minimum atomic E-state index is -1.67. The fourth-order valence-electron chi connectivity index (χ4n) is 4.03. The summed E-state index contributed by atoms with van der Waals surface area (Å²) in [7, 11) is 0. The van der Waals surface area contributed by atoms with Gasteiger partial charge in [0.2, 0.25) is 0 Å². The molecule has 1 aliphatic carbocycles. The third kappa shape index (κ3) is 2.99. The average molecular weight is 422 g/mol. The maximum atomic E-state index is 13.1. The smallest absolute Gasteiger partial charge is 0.343 e. The predicted molar refractivity (Wildman–Crippen MR) is 106 cm³/mol. The van der Waals surface area contributed by atoms with Crippen LogP contribution in [-0.4, -0.2) is 33.5 Å². The number of allylic oxidation sites excluding steroid dienone is 2. The Bertz CT molecular complexity index is 1180. The summed E-state index contributed by atoms with van der Waals surface area (Å²) in [5.41, 5.74) is -1.40. The highest BCUT2D eigenvalue weighted by Gasteiger charge is 2.58. The van der Waals surface area contributed by atoms with Crippen LogP contribution in [0.25, 0.3) is 0 Å². The number of carboxylic acid groups (broad SMARTS) is 1. The van der Waals surface area contributed by atoms with E-state index in [-0.39, 0.29) is 35.0 Å². The third-order valence-electron chi connectivity index (χ3n) is 5.60. The van der Waals surface area contributed by atoms with Crippen LogP contribution in [0.15, 0.2) is 48.2 Å². The molecule has 4 rings (SSSR count). The number of phenolic OH excluding ortho intramolecular Hbond substituents is 1. The maximum Gasteiger partial charge on any atom is 0.343 e. The summed E-state index contributed by atoms with van der Waals surface area (Å²) >= 11 is 0. The van der Waals surface area contributed by atoms with Crippen LogP contribution in [-0.2, 0) is 26.4 Å². The van der Waals surface area contributed by atoms with Crippen LogP contribution >= 0.6 is 0 Å². The van der Waals surface area contributed by atoms with Gasteiger partial charge in [-0.1, -0.05) is 30.3 Å². The number of carbonyl (C=O) groups is 4. The van der Waals surface area contributed by atoms with Crippen molar-refractivity contribution in [1.29, 1.82) is 0 Å². The molecule has 2 N–H and O–H groups in total. The second-order valence-corrected chi connectivity index (χ2v) is 7.60. The Kier molecular flexibility index (Phi) is 4.65. The molecule has 1 heterocycles. The van der Waals surface area contributed by atoms with Gasteiger partial charge in [0.25, 0.3) is 0 Å². The maximum absolute atomic E-state index is 13.1. The van der Waals surface area contributed by atoms with E-state index in [1.165, 1.54) is 6.92 Å². The zero-order valence-electron chi connectivity index (χ0n) is 16.7. The zero-order chi connectivity index (χ0) is 22.5. The lowest BCUT2D eigenvalue weighted by atomic mass is 9.67. The highest BCUT2D eigenvalue weighted by Crippen LogP contribution is 2.56. The molecule has 0 saturated carbocycles. The zero-order valence-corrected chi connectivity index (χ0v) is 16.7. The van der Waals surface area contributed by atoms with Crippen LogP contribution in [0.1, 0.15) is 35.3 Å². The number of ketones is 3. The number of hydrogen-bond donors (Lipinski definition) is 2. The van der Waals surface area contributed by atoms with Gasteiger partial charge in [-0.15, -0.1) is 0 Å². The summed E-state index contributed by atoms with van der Waals surface area (Å²) in [5.74, 6) is -6.09. The standard InChI is InChI=1S/C23H18O8/c1-11(24)17-13(25)9-16-23(2,21(17)27)19-14(26)8-15(18(22(28)29)20(19)31-16)30-10-12-6-4-3-5-7-12/h3-9,17,26H,10H2,1-2H3,(H,28,29). The molecule has 2 unspecified atom stereocenters. The Labute approximate surface area is 176 Å². The van der Waals surface area contributed by atoms with Crippen molar-refractivity contribution < 1.29 is 38.9 Å². The first-order valence-corrected chi connectivity index (χ1v) is 9.45. The molecule has 158 valence electrons. The molecule has 0 spiro atoms. The van der Waals surface area contributed by atoms with Crippen molar-refractivity contribution in [3.05, 3.63) is 64.9 Å². The fraction of sp³-hybridized carbons (Fsp3) is 0.217. The van der Waals surface area contributed by atoms with E-state index >= 15 is 0 Å². The number of carboxylic acids is 1. The van der Waals surface area contributed by atoms with Crippen LogP contribution in [0.4, 0.5) is 0 Å². The van der Waals surface area contributed by atoms with Crippen LogP contribution in [0.3, 0.4) is 0 Å². The molecule has 0 amide bonds. The van der Waals surface area contributed by atoms with E-state index in [2.05, 4.69) is 0 Å². The van der Waals surface area contributed by atoms with Gasteiger partial charge in [0.05, 0.1) is 5.56 Å². The van der Waals surface area contributed by atoms with Crippen LogP contribution in [0, 0.1) is 5.92 Å². The molecule has 2 aromatic rings. The van der Waals surface area contributed by atoms with Crippen molar-refractivity contribution >= 4 is 23.3 Å². The van der Waals surface area contributed by atoms with Crippen molar-refractivity contribution in [2.45, 2.75) is 25.9 Å². The van der Waals surface area contributed by atoms with Gasteiger partial charge in [-0.05, 0) is 19.4 Å². The molecule has 8 nitrogen and oxygen atoms in total. The lowest BCUT2D eigenvalue weighted by Crippen LogP contribution is -2.47. The molecule has 8 heteroatoms. The number of carbonyl (C=O) groups excluding carboxylic acids is 3. The van der Waals surface area contributed by atoms with Gasteiger partial charge in [-0.3, -0.25) is 14.4 Å². The number of Topliss-reactive ketones (excluding diaryl/α,β-unsaturated/α-hetero) is 2. The first-order valence-electron chi connectivity index (χ1n) is 9.45. The molecule has 0 fully saturated rings. The lowest BCUT2D eigenvalue weighted by Gasteiger charge is -2.30. The molecule has 1 aliphatic heterocycles. The Morgan fingerprint density at radius 2 is 1.87 bits per heavy atom. The number of rotatable bonds is 5. The molecule has 0 radical (unpaired) electrons. The lowest BCUT2D eigenvalue weighted by molar-refractivity contribution is -0.140. The van der Waals surface area contributed by atoms with E-state index in [1.807, 2.05) is 6.07 Å². The van der Waals surface area contributed by atoms with E-state index in [0.717, 1.165) is 24.6 Å². The molecule has 0 bridgehead atoms. The first-order chi connectivity index (χ1) is 14.7. The number of ether oxygens (including phenoxy) is 2. The summed E-state index contributed by atoms with van der Waals surface area (Å²) in [6, 6.07) is 10.1. The number of fused-ring (bicyclic) bond motifs is 3. The highest BCUT2D eigenvalue weighted by molar-refractivity contribution is 6.27. The Hall–Kier alpha value is -3.94. The van der Waals surface area contributed by atoms with Crippen molar-refractivity contribution in [3.63, 3.8) is 0 Å². The second kappa shape index (κ2) is 7.09. The summed E-state index contributed by atoms with van der Waals surface area (Å²) in [6.45, 7) is 2.55. The number of phenols is 1. The third-order valence-corrected chi connectivity index (χ3v) is 5.60. The molecule has 2 aromatic carbocycles. The molecular formula is C23H18O8. The molecule has 0 saturated heterocycles. The minimum Gasteiger partial charge on any atom is -0.507 e. The Morgan fingerprint density at radius 1 is 1.19 bits per heavy atom. The topological polar surface area (TPSA) is 127 Å². The summed E-state index contributed by atoms with van der Waals surface area (Å²) < 4.78 is 11.3. The van der Waals surface area contributed by atoms with E-state index in [4.69, 9.17) is 9.47 Å². The number of benzene rings is 2. The van der Waals surface area contributed by atoms with E-state index in [9.17, 15) is 29.4 Å². The number of aromatic carboxylic acids is 1. The SMILES string of the molecule is CC(=O)C1C(=O)C=C2Oc3c(C(=O)O)c(OCc4ccccc4)cc(O)c3C2(C)C1=O. The molecular weight excluding hydrogens is 404 g/mol. The molecule has 2 aliphatic rings. The van der Waals surface area contributed by atoms with Gasteiger partial charge in [0, 0.05) is 12.1 Å². The normalized spacial score (nSPS) is 21.6. The summed E-state index contributed by atoms with van der Waals surface area (Å²) in [4.78, 5) is 49.4.